The Hall–Kier alpha value is -1.88. The SMILES string of the molecule is O.O.O=C(C=C([O-])C(F)(F)F)C(F)(F)F.O=C(C=C([O-])C(F)(F)F)C(F)(F)F.[Zn+2]. The third kappa shape index (κ3) is 16.8. The standard InChI is InChI=1S/2C5H2F6O2.2H2O.Zn/c2*6-4(7,8)2(12)1-3(13)5(9,10)11;;;/h2*1,12H;2*1H2;/q;;;;+2/p-2. The summed E-state index contributed by atoms with van der Waals surface area (Å²) < 4.78 is 136. The molecule has 0 saturated carbocycles. The Morgan fingerprint density at radius 3 is 0.793 bits per heavy atom. The Labute approximate surface area is 163 Å². The number of alkyl halides is 12. The topological polar surface area (TPSA) is 143 Å². The molecule has 0 aromatic heterocycles. The van der Waals surface area contributed by atoms with Crippen molar-refractivity contribution in [1.82, 2.24) is 0 Å². The molecule has 168 valence electrons. The molecule has 19 heteroatoms. The van der Waals surface area contributed by atoms with E-state index in [1.807, 2.05) is 0 Å². The first kappa shape index (κ1) is 37.8. The molecular weight excluding hydrogens is 509 g/mol. The number of hydrogen-bond donors (Lipinski definition) is 0. The van der Waals surface area contributed by atoms with Gasteiger partial charge in [0.25, 0.3) is 11.6 Å². The molecule has 0 aliphatic carbocycles. The number of carbonyl (C=O) groups is 2. The predicted octanol–water partition coefficient (Wildman–Crippen LogP) is 0.197. The summed E-state index contributed by atoms with van der Waals surface area (Å²) in [5, 5.41) is 19.6. The second-order valence-electron chi connectivity index (χ2n) is 3.74. The van der Waals surface area contributed by atoms with Crippen LogP contribution in [-0.2, 0) is 29.1 Å². The van der Waals surface area contributed by atoms with E-state index in [1.54, 1.807) is 0 Å². The quantitative estimate of drug-likeness (QED) is 0.224. The first-order valence-corrected chi connectivity index (χ1v) is 5.24. The second kappa shape index (κ2) is 12.6. The van der Waals surface area contributed by atoms with Gasteiger partial charge >= 0.3 is 44.2 Å². The number of carbonyl (C=O) groups excluding carboxylic acids is 2. The molecule has 0 amide bonds. The molecule has 0 atom stereocenters. The summed E-state index contributed by atoms with van der Waals surface area (Å²) in [6, 6.07) is 0. The largest absolute Gasteiger partial charge is 2.00 e. The van der Waals surface area contributed by atoms with E-state index in [9.17, 15) is 72.5 Å². The van der Waals surface area contributed by atoms with E-state index in [0.29, 0.717) is 0 Å². The van der Waals surface area contributed by atoms with Crippen LogP contribution in [0.25, 0.3) is 0 Å². The van der Waals surface area contributed by atoms with E-state index in [2.05, 4.69) is 0 Å². The maximum Gasteiger partial charge on any atom is 2.00 e. The minimum Gasteiger partial charge on any atom is -0.869 e. The van der Waals surface area contributed by atoms with E-state index < -0.39 is 59.9 Å². The fraction of sp³-hybridized carbons (Fsp3) is 0.400. The van der Waals surface area contributed by atoms with Gasteiger partial charge in [-0.1, -0.05) is 0 Å². The summed E-state index contributed by atoms with van der Waals surface area (Å²) >= 11 is 0. The van der Waals surface area contributed by atoms with E-state index in [-0.39, 0.29) is 30.4 Å². The maximum atomic E-state index is 11.3. The maximum absolute atomic E-state index is 11.3. The molecule has 0 saturated heterocycles. The molecule has 29 heavy (non-hydrogen) atoms. The van der Waals surface area contributed by atoms with Crippen molar-refractivity contribution < 1.29 is 103 Å². The van der Waals surface area contributed by atoms with E-state index in [1.165, 1.54) is 0 Å². The van der Waals surface area contributed by atoms with Gasteiger partial charge in [-0.05, 0) is 23.7 Å². The fourth-order valence-corrected chi connectivity index (χ4v) is 0.565. The third-order valence-corrected chi connectivity index (χ3v) is 1.64. The van der Waals surface area contributed by atoms with Gasteiger partial charge in [0.15, 0.2) is 0 Å². The van der Waals surface area contributed by atoms with Gasteiger partial charge in [-0.3, -0.25) is 9.59 Å². The van der Waals surface area contributed by atoms with Gasteiger partial charge in [-0.2, -0.15) is 52.7 Å². The molecule has 6 nitrogen and oxygen atoms in total. The van der Waals surface area contributed by atoms with Crippen LogP contribution in [0.15, 0.2) is 23.7 Å². The average Bonchev–Trinajstić information content (AvgIpc) is 2.34. The summed E-state index contributed by atoms with van der Waals surface area (Å²) in [6.45, 7) is 0. The number of ketones is 2. The fourth-order valence-electron chi connectivity index (χ4n) is 0.565. The van der Waals surface area contributed by atoms with E-state index in [4.69, 9.17) is 0 Å². The van der Waals surface area contributed by atoms with Gasteiger partial charge < -0.3 is 21.2 Å². The summed E-state index contributed by atoms with van der Waals surface area (Å²) in [5.41, 5.74) is 0. The second-order valence-corrected chi connectivity index (χ2v) is 3.74. The van der Waals surface area contributed by atoms with Crippen molar-refractivity contribution in [2.75, 3.05) is 0 Å². The first-order valence-electron chi connectivity index (χ1n) is 5.24. The Morgan fingerprint density at radius 1 is 0.517 bits per heavy atom. The Bertz CT molecular complexity index is 532. The van der Waals surface area contributed by atoms with Crippen molar-refractivity contribution in [3.63, 3.8) is 0 Å². The number of hydrogen-bond acceptors (Lipinski definition) is 4. The monoisotopic (exact) mass is 514 g/mol. The summed E-state index contributed by atoms with van der Waals surface area (Å²) in [6.07, 6.45) is -23.9. The zero-order valence-electron chi connectivity index (χ0n) is 13.0. The first-order chi connectivity index (χ1) is 11.1. The molecule has 0 aliphatic heterocycles. The molecule has 0 rings (SSSR count). The third-order valence-electron chi connectivity index (χ3n) is 1.64. The molecular formula is C10H6F12O6Zn. The molecule has 0 unspecified atom stereocenters. The van der Waals surface area contributed by atoms with Crippen LogP contribution in [0.2, 0.25) is 0 Å². The van der Waals surface area contributed by atoms with Crippen LogP contribution in [0.5, 0.6) is 0 Å². The van der Waals surface area contributed by atoms with Gasteiger partial charge in [0.2, 0.25) is 0 Å². The van der Waals surface area contributed by atoms with Crippen LogP contribution in [0, 0.1) is 0 Å². The average molecular weight is 516 g/mol. The van der Waals surface area contributed by atoms with Gasteiger partial charge in [-0.25, -0.2) is 0 Å². The minimum absolute atomic E-state index is 0. The van der Waals surface area contributed by atoms with Crippen LogP contribution in [-0.4, -0.2) is 47.2 Å². The van der Waals surface area contributed by atoms with Crippen molar-refractivity contribution in [3.8, 4) is 0 Å². The zero-order chi connectivity index (χ0) is 21.7. The van der Waals surface area contributed by atoms with Crippen LogP contribution in [0.1, 0.15) is 0 Å². The molecule has 0 spiro atoms. The Kier molecular flexibility index (Phi) is 16.5. The molecule has 0 aromatic rings. The van der Waals surface area contributed by atoms with Crippen LogP contribution in [0.4, 0.5) is 52.7 Å². The van der Waals surface area contributed by atoms with Crippen molar-refractivity contribution >= 4 is 11.6 Å². The van der Waals surface area contributed by atoms with Crippen molar-refractivity contribution in [2.24, 2.45) is 0 Å². The van der Waals surface area contributed by atoms with Crippen molar-refractivity contribution in [3.05, 3.63) is 23.7 Å². The summed E-state index contributed by atoms with van der Waals surface area (Å²) in [5.74, 6) is -11.3. The van der Waals surface area contributed by atoms with Gasteiger partial charge in [0, 0.05) is 0 Å². The van der Waals surface area contributed by atoms with Crippen molar-refractivity contribution in [2.45, 2.75) is 24.7 Å². The summed E-state index contributed by atoms with van der Waals surface area (Å²) in [7, 11) is 0. The molecule has 0 radical (unpaired) electrons. The van der Waals surface area contributed by atoms with Crippen molar-refractivity contribution in [1.29, 1.82) is 0 Å². The normalized spacial score (nSPS) is 13.0. The smallest absolute Gasteiger partial charge is 0.869 e. The number of rotatable bonds is 2. The summed E-state index contributed by atoms with van der Waals surface area (Å²) in [4.78, 5) is 19.6. The van der Waals surface area contributed by atoms with Gasteiger partial charge in [0.1, 0.15) is 0 Å². The Morgan fingerprint density at radius 2 is 0.690 bits per heavy atom. The van der Waals surface area contributed by atoms with Gasteiger partial charge in [0.05, 0.1) is 0 Å². The van der Waals surface area contributed by atoms with E-state index >= 15 is 0 Å². The molecule has 0 heterocycles. The molecule has 0 aromatic carbocycles. The van der Waals surface area contributed by atoms with Crippen LogP contribution < -0.4 is 10.2 Å². The minimum atomic E-state index is -5.46. The van der Waals surface area contributed by atoms with E-state index in [0.717, 1.165) is 0 Å². The van der Waals surface area contributed by atoms with Crippen LogP contribution in [0.3, 0.4) is 0 Å². The van der Waals surface area contributed by atoms with Gasteiger partial charge in [-0.15, -0.1) is 0 Å². The molecule has 4 N–H and O–H groups in total. The number of allylic oxidation sites excluding steroid dienone is 4. The molecule has 0 fully saturated rings. The van der Waals surface area contributed by atoms with Crippen LogP contribution >= 0.6 is 0 Å². The molecule has 0 aliphatic rings. The zero-order valence-corrected chi connectivity index (χ0v) is 16.0. The Balaban J connectivity index is -0.000000120. The molecule has 0 bridgehead atoms. The predicted molar refractivity (Wildman–Crippen MR) is 57.6 cm³/mol. The number of halogens is 12.